The number of aryl methyl sites for hydroxylation is 1. The van der Waals surface area contributed by atoms with Crippen LogP contribution in [-0.2, 0) is 4.79 Å². The molecule has 0 spiro atoms. The molecule has 1 unspecified atom stereocenters. The average molecular weight is 247 g/mol. The Balaban J connectivity index is 2.11. The highest BCUT2D eigenvalue weighted by Crippen LogP contribution is 2.13. The minimum absolute atomic E-state index is 0.115. The molecule has 1 aromatic rings. The lowest BCUT2D eigenvalue weighted by atomic mass is 10.0. The van der Waals surface area contributed by atoms with E-state index in [1.807, 2.05) is 6.92 Å². The largest absolute Gasteiger partial charge is 0.399 e. The Labute approximate surface area is 106 Å². The number of amides is 2. The van der Waals surface area contributed by atoms with Gasteiger partial charge in [-0.3, -0.25) is 9.59 Å². The van der Waals surface area contributed by atoms with Crippen molar-refractivity contribution in [1.82, 2.24) is 10.6 Å². The normalized spacial score (nSPS) is 19.2. The number of hydrogen-bond donors (Lipinski definition) is 3. The molecule has 0 radical (unpaired) electrons. The second-order valence-corrected chi connectivity index (χ2v) is 4.53. The lowest BCUT2D eigenvalue weighted by Gasteiger charge is -2.23. The Kier molecular flexibility index (Phi) is 3.50. The van der Waals surface area contributed by atoms with E-state index in [2.05, 4.69) is 10.6 Å². The van der Waals surface area contributed by atoms with Crippen molar-refractivity contribution in [2.45, 2.75) is 25.8 Å². The molecule has 1 fully saturated rings. The van der Waals surface area contributed by atoms with Crippen LogP contribution in [0.15, 0.2) is 18.2 Å². The van der Waals surface area contributed by atoms with Crippen molar-refractivity contribution in [2.24, 2.45) is 0 Å². The zero-order valence-electron chi connectivity index (χ0n) is 10.3. The van der Waals surface area contributed by atoms with Gasteiger partial charge in [0, 0.05) is 17.8 Å². The standard InChI is InChI=1S/C13H17N3O2/c1-8-4-5-9(14)7-10(8)12(17)16-11-3-2-6-15-13(11)18/h4-5,7,11H,2-3,6,14H2,1H3,(H,15,18)(H,16,17). The van der Waals surface area contributed by atoms with Crippen molar-refractivity contribution in [3.8, 4) is 0 Å². The molecule has 1 aliphatic rings. The fraction of sp³-hybridized carbons (Fsp3) is 0.385. The quantitative estimate of drug-likeness (QED) is 0.669. The van der Waals surface area contributed by atoms with Crippen molar-refractivity contribution in [3.63, 3.8) is 0 Å². The number of benzene rings is 1. The van der Waals surface area contributed by atoms with E-state index in [0.29, 0.717) is 24.2 Å². The summed E-state index contributed by atoms with van der Waals surface area (Å²) in [6, 6.07) is 4.74. The molecule has 18 heavy (non-hydrogen) atoms. The molecule has 5 heteroatoms. The van der Waals surface area contributed by atoms with E-state index in [9.17, 15) is 9.59 Å². The summed E-state index contributed by atoms with van der Waals surface area (Å²) < 4.78 is 0. The van der Waals surface area contributed by atoms with Crippen molar-refractivity contribution in [3.05, 3.63) is 29.3 Å². The first-order chi connectivity index (χ1) is 8.58. The Morgan fingerprint density at radius 1 is 1.50 bits per heavy atom. The first-order valence-electron chi connectivity index (χ1n) is 6.02. The molecular formula is C13H17N3O2. The Bertz CT molecular complexity index is 485. The highest BCUT2D eigenvalue weighted by molar-refractivity contribution is 5.99. The third-order valence-electron chi connectivity index (χ3n) is 3.10. The molecular weight excluding hydrogens is 230 g/mol. The van der Waals surface area contributed by atoms with Gasteiger partial charge in [0.2, 0.25) is 5.91 Å². The zero-order chi connectivity index (χ0) is 13.1. The van der Waals surface area contributed by atoms with Crippen molar-refractivity contribution in [2.75, 3.05) is 12.3 Å². The van der Waals surface area contributed by atoms with Gasteiger partial charge in [0.25, 0.3) is 5.91 Å². The maximum absolute atomic E-state index is 12.1. The van der Waals surface area contributed by atoms with Crippen LogP contribution in [0.2, 0.25) is 0 Å². The molecule has 0 saturated carbocycles. The van der Waals surface area contributed by atoms with Crippen LogP contribution in [0.5, 0.6) is 0 Å². The Morgan fingerprint density at radius 3 is 3.00 bits per heavy atom. The second-order valence-electron chi connectivity index (χ2n) is 4.53. The van der Waals surface area contributed by atoms with Gasteiger partial charge in [-0.2, -0.15) is 0 Å². The zero-order valence-corrected chi connectivity index (χ0v) is 10.3. The van der Waals surface area contributed by atoms with Gasteiger partial charge in [-0.1, -0.05) is 6.07 Å². The van der Waals surface area contributed by atoms with E-state index in [4.69, 9.17) is 5.73 Å². The van der Waals surface area contributed by atoms with Gasteiger partial charge in [-0.15, -0.1) is 0 Å². The molecule has 0 aromatic heterocycles. The van der Waals surface area contributed by atoms with Gasteiger partial charge in [0.15, 0.2) is 0 Å². The summed E-state index contributed by atoms with van der Waals surface area (Å²) >= 11 is 0. The van der Waals surface area contributed by atoms with Crippen LogP contribution >= 0.6 is 0 Å². The first-order valence-corrected chi connectivity index (χ1v) is 6.02. The van der Waals surface area contributed by atoms with Crippen LogP contribution in [0, 0.1) is 6.92 Å². The van der Waals surface area contributed by atoms with E-state index in [-0.39, 0.29) is 11.8 Å². The molecule has 1 saturated heterocycles. The van der Waals surface area contributed by atoms with Crippen LogP contribution in [0.4, 0.5) is 5.69 Å². The van der Waals surface area contributed by atoms with Crippen LogP contribution in [-0.4, -0.2) is 24.4 Å². The monoisotopic (exact) mass is 247 g/mol. The van der Waals surface area contributed by atoms with Gasteiger partial charge in [0.05, 0.1) is 0 Å². The van der Waals surface area contributed by atoms with Crippen LogP contribution in [0.25, 0.3) is 0 Å². The molecule has 1 atom stereocenters. The van der Waals surface area contributed by atoms with Crippen molar-refractivity contribution in [1.29, 1.82) is 0 Å². The van der Waals surface area contributed by atoms with Gasteiger partial charge < -0.3 is 16.4 Å². The predicted octanol–water partition coefficient (Wildman–Crippen LogP) is 0.586. The van der Waals surface area contributed by atoms with Crippen molar-refractivity contribution >= 4 is 17.5 Å². The summed E-state index contributed by atoms with van der Waals surface area (Å²) in [5.74, 6) is -0.363. The van der Waals surface area contributed by atoms with Crippen LogP contribution in [0.3, 0.4) is 0 Å². The molecule has 0 aliphatic carbocycles. The van der Waals surface area contributed by atoms with Crippen molar-refractivity contribution < 1.29 is 9.59 Å². The molecule has 5 nitrogen and oxygen atoms in total. The fourth-order valence-corrected chi connectivity index (χ4v) is 2.03. The Hall–Kier alpha value is -2.04. The van der Waals surface area contributed by atoms with Gasteiger partial charge >= 0.3 is 0 Å². The van der Waals surface area contributed by atoms with Gasteiger partial charge in [-0.25, -0.2) is 0 Å². The molecule has 0 bridgehead atoms. The number of nitrogens with one attached hydrogen (secondary N) is 2. The lowest BCUT2D eigenvalue weighted by molar-refractivity contribution is -0.124. The number of rotatable bonds is 2. The van der Waals surface area contributed by atoms with Crippen LogP contribution < -0.4 is 16.4 Å². The molecule has 1 aliphatic heterocycles. The number of hydrogen-bond acceptors (Lipinski definition) is 3. The highest BCUT2D eigenvalue weighted by Gasteiger charge is 2.24. The third-order valence-corrected chi connectivity index (χ3v) is 3.10. The number of carbonyl (C=O) groups excluding carboxylic acids is 2. The summed E-state index contributed by atoms with van der Waals surface area (Å²) in [5, 5.41) is 5.48. The van der Waals surface area contributed by atoms with E-state index in [1.54, 1.807) is 18.2 Å². The lowest BCUT2D eigenvalue weighted by Crippen LogP contribution is -2.50. The molecule has 2 rings (SSSR count). The molecule has 2 amide bonds. The number of carbonyl (C=O) groups is 2. The SMILES string of the molecule is Cc1ccc(N)cc1C(=O)NC1CCCNC1=O. The maximum atomic E-state index is 12.1. The van der Waals surface area contributed by atoms with E-state index < -0.39 is 6.04 Å². The summed E-state index contributed by atoms with van der Waals surface area (Å²) in [4.78, 5) is 23.6. The third kappa shape index (κ3) is 2.61. The number of nitrogen functional groups attached to an aromatic ring is 1. The number of anilines is 1. The van der Waals surface area contributed by atoms with E-state index in [1.165, 1.54) is 0 Å². The first kappa shape index (κ1) is 12.4. The maximum Gasteiger partial charge on any atom is 0.252 e. The smallest absolute Gasteiger partial charge is 0.252 e. The van der Waals surface area contributed by atoms with E-state index in [0.717, 1.165) is 12.0 Å². The number of nitrogens with two attached hydrogens (primary N) is 1. The highest BCUT2D eigenvalue weighted by atomic mass is 16.2. The van der Waals surface area contributed by atoms with E-state index >= 15 is 0 Å². The molecule has 96 valence electrons. The van der Waals surface area contributed by atoms with Gasteiger partial charge in [-0.05, 0) is 37.5 Å². The second kappa shape index (κ2) is 5.08. The van der Waals surface area contributed by atoms with Gasteiger partial charge in [0.1, 0.15) is 6.04 Å². The minimum atomic E-state index is -0.438. The Morgan fingerprint density at radius 2 is 2.28 bits per heavy atom. The predicted molar refractivity (Wildman–Crippen MR) is 69.1 cm³/mol. The molecule has 1 heterocycles. The topological polar surface area (TPSA) is 84.2 Å². The fourth-order valence-electron chi connectivity index (χ4n) is 2.03. The average Bonchev–Trinajstić information content (AvgIpc) is 2.35. The van der Waals surface area contributed by atoms with Crippen LogP contribution in [0.1, 0.15) is 28.8 Å². The molecule has 1 aromatic carbocycles. The summed E-state index contributed by atoms with van der Waals surface area (Å²) in [7, 11) is 0. The molecule has 4 N–H and O–H groups in total. The number of piperidine rings is 1. The summed E-state index contributed by atoms with van der Waals surface area (Å²) in [5.41, 5.74) is 7.57. The minimum Gasteiger partial charge on any atom is -0.399 e. The summed E-state index contributed by atoms with van der Waals surface area (Å²) in [6.07, 6.45) is 1.56. The summed E-state index contributed by atoms with van der Waals surface area (Å²) in [6.45, 7) is 2.53.